The Labute approximate surface area is 136 Å². The van der Waals surface area contributed by atoms with Gasteiger partial charge in [-0.15, -0.1) is 0 Å². The van der Waals surface area contributed by atoms with Crippen molar-refractivity contribution in [3.8, 4) is 0 Å². The van der Waals surface area contributed by atoms with Gasteiger partial charge in [-0.2, -0.15) is 0 Å². The lowest BCUT2D eigenvalue weighted by Gasteiger charge is -2.16. The van der Waals surface area contributed by atoms with E-state index in [1.165, 1.54) is 0 Å². The highest BCUT2D eigenvalue weighted by molar-refractivity contribution is 6.42. The molecule has 0 amide bonds. The molecule has 0 aliphatic rings. The average molecular weight is 338 g/mol. The maximum absolute atomic E-state index is 9.20. The average Bonchev–Trinajstić information content (AvgIpc) is 3.02. The van der Waals surface area contributed by atoms with Crippen LogP contribution in [0.2, 0.25) is 10.0 Å². The highest BCUT2D eigenvalue weighted by atomic mass is 35.5. The summed E-state index contributed by atoms with van der Waals surface area (Å²) in [5, 5.41) is 13.3. The molecule has 2 N–H and O–H groups in total. The SMILES string of the molecule is OCCC(Nc1cnc2cc(Cl)c(Cl)cc2n1)c1ccco1. The lowest BCUT2D eigenvalue weighted by Crippen LogP contribution is -2.13. The van der Waals surface area contributed by atoms with E-state index in [9.17, 15) is 5.11 Å². The first-order valence-corrected chi connectivity index (χ1v) is 7.45. The molecule has 0 radical (unpaired) electrons. The molecule has 0 saturated heterocycles. The van der Waals surface area contributed by atoms with Gasteiger partial charge in [-0.1, -0.05) is 23.2 Å². The third kappa shape index (κ3) is 3.16. The Kier molecular flexibility index (Phi) is 4.47. The van der Waals surface area contributed by atoms with E-state index in [0.717, 1.165) is 5.76 Å². The summed E-state index contributed by atoms with van der Waals surface area (Å²) < 4.78 is 5.38. The van der Waals surface area contributed by atoms with E-state index in [-0.39, 0.29) is 12.6 Å². The van der Waals surface area contributed by atoms with Crippen molar-refractivity contribution in [3.63, 3.8) is 0 Å². The summed E-state index contributed by atoms with van der Waals surface area (Å²) in [6, 6.07) is 6.81. The van der Waals surface area contributed by atoms with Crippen molar-refractivity contribution >= 4 is 40.1 Å². The highest BCUT2D eigenvalue weighted by Crippen LogP contribution is 2.27. The van der Waals surface area contributed by atoms with Crippen LogP contribution in [-0.2, 0) is 0 Å². The second kappa shape index (κ2) is 6.52. The lowest BCUT2D eigenvalue weighted by molar-refractivity contribution is 0.273. The molecule has 1 atom stereocenters. The van der Waals surface area contributed by atoms with Crippen LogP contribution >= 0.6 is 23.2 Å². The second-order valence-corrected chi connectivity index (χ2v) is 5.55. The van der Waals surface area contributed by atoms with Crippen LogP contribution in [0.5, 0.6) is 0 Å². The topological polar surface area (TPSA) is 71.2 Å². The van der Waals surface area contributed by atoms with Crippen LogP contribution in [0.1, 0.15) is 18.2 Å². The van der Waals surface area contributed by atoms with Crippen molar-refractivity contribution in [1.82, 2.24) is 9.97 Å². The number of aromatic nitrogens is 2. The number of fused-ring (bicyclic) bond motifs is 1. The van der Waals surface area contributed by atoms with Crippen molar-refractivity contribution in [2.75, 3.05) is 11.9 Å². The Balaban J connectivity index is 1.90. The molecule has 0 fully saturated rings. The third-order valence-electron chi connectivity index (χ3n) is 3.21. The van der Waals surface area contributed by atoms with E-state index in [1.807, 2.05) is 6.07 Å². The Morgan fingerprint density at radius 3 is 2.68 bits per heavy atom. The number of hydrogen-bond donors (Lipinski definition) is 2. The fourth-order valence-corrected chi connectivity index (χ4v) is 2.48. The smallest absolute Gasteiger partial charge is 0.145 e. The number of benzene rings is 1. The summed E-state index contributed by atoms with van der Waals surface area (Å²) in [6.07, 6.45) is 3.70. The summed E-state index contributed by atoms with van der Waals surface area (Å²) in [5.41, 5.74) is 1.30. The summed E-state index contributed by atoms with van der Waals surface area (Å²) in [5.74, 6) is 1.30. The first-order valence-electron chi connectivity index (χ1n) is 6.70. The number of hydrogen-bond acceptors (Lipinski definition) is 5. The fourth-order valence-electron chi connectivity index (χ4n) is 2.16. The molecule has 3 rings (SSSR count). The maximum atomic E-state index is 9.20. The van der Waals surface area contributed by atoms with Crippen LogP contribution in [0.15, 0.2) is 41.1 Å². The van der Waals surface area contributed by atoms with Crippen molar-refractivity contribution in [3.05, 3.63) is 52.5 Å². The molecule has 0 saturated carbocycles. The molecule has 2 heterocycles. The van der Waals surface area contributed by atoms with Gasteiger partial charge in [-0.3, -0.25) is 4.98 Å². The summed E-state index contributed by atoms with van der Waals surface area (Å²) in [6.45, 7) is 0.0286. The predicted molar refractivity (Wildman–Crippen MR) is 86.3 cm³/mol. The zero-order valence-corrected chi connectivity index (χ0v) is 13.0. The molecular formula is C15H13Cl2N3O2. The zero-order chi connectivity index (χ0) is 15.5. The third-order valence-corrected chi connectivity index (χ3v) is 3.93. The van der Waals surface area contributed by atoms with Gasteiger partial charge in [0.15, 0.2) is 0 Å². The molecule has 114 valence electrons. The first kappa shape index (κ1) is 15.1. The maximum Gasteiger partial charge on any atom is 0.145 e. The number of nitrogens with one attached hydrogen (secondary N) is 1. The van der Waals surface area contributed by atoms with Gasteiger partial charge in [-0.05, 0) is 30.7 Å². The van der Waals surface area contributed by atoms with Crippen LogP contribution in [0, 0.1) is 0 Å². The van der Waals surface area contributed by atoms with E-state index in [0.29, 0.717) is 33.3 Å². The normalized spacial score (nSPS) is 12.5. The van der Waals surface area contributed by atoms with E-state index in [4.69, 9.17) is 27.6 Å². The fraction of sp³-hybridized carbons (Fsp3) is 0.200. The quantitative estimate of drug-likeness (QED) is 0.734. The van der Waals surface area contributed by atoms with Gasteiger partial charge in [0.2, 0.25) is 0 Å². The standard InChI is InChI=1S/C15H13Cl2N3O2/c16-9-6-12-13(7-10(9)17)20-15(8-18-12)19-11(3-4-21)14-2-1-5-22-14/h1-2,5-8,11,21H,3-4H2,(H,19,20). The summed E-state index contributed by atoms with van der Waals surface area (Å²) in [4.78, 5) is 8.79. The van der Waals surface area contributed by atoms with E-state index >= 15 is 0 Å². The molecule has 5 nitrogen and oxygen atoms in total. The zero-order valence-electron chi connectivity index (χ0n) is 11.5. The van der Waals surface area contributed by atoms with Crippen molar-refractivity contribution < 1.29 is 9.52 Å². The Morgan fingerprint density at radius 2 is 2.00 bits per heavy atom. The van der Waals surface area contributed by atoms with Gasteiger partial charge < -0.3 is 14.8 Å². The molecule has 7 heteroatoms. The van der Waals surface area contributed by atoms with Crippen LogP contribution in [0.3, 0.4) is 0 Å². The molecule has 2 aromatic heterocycles. The van der Waals surface area contributed by atoms with Crippen LogP contribution in [0.25, 0.3) is 11.0 Å². The molecule has 0 bridgehead atoms. The van der Waals surface area contributed by atoms with Gasteiger partial charge in [0.05, 0.1) is 39.6 Å². The number of rotatable bonds is 5. The van der Waals surface area contributed by atoms with Crippen molar-refractivity contribution in [1.29, 1.82) is 0 Å². The number of furan rings is 1. The molecule has 1 aromatic carbocycles. The largest absolute Gasteiger partial charge is 0.467 e. The van der Waals surface area contributed by atoms with Gasteiger partial charge in [0.1, 0.15) is 11.6 Å². The van der Waals surface area contributed by atoms with Crippen LogP contribution < -0.4 is 5.32 Å². The Bertz CT molecular complexity index is 778. The first-order chi connectivity index (χ1) is 10.7. The van der Waals surface area contributed by atoms with Gasteiger partial charge in [0, 0.05) is 6.61 Å². The van der Waals surface area contributed by atoms with E-state index in [2.05, 4.69) is 15.3 Å². The number of aliphatic hydroxyl groups excluding tert-OH is 1. The van der Waals surface area contributed by atoms with Gasteiger partial charge in [0.25, 0.3) is 0 Å². The molecule has 0 spiro atoms. The number of nitrogens with zero attached hydrogens (tertiary/aromatic N) is 2. The molecular weight excluding hydrogens is 325 g/mol. The molecule has 1 unspecified atom stereocenters. The Morgan fingerprint density at radius 1 is 1.23 bits per heavy atom. The van der Waals surface area contributed by atoms with Crippen molar-refractivity contribution in [2.24, 2.45) is 0 Å². The summed E-state index contributed by atoms with van der Waals surface area (Å²) >= 11 is 12.0. The van der Waals surface area contributed by atoms with Gasteiger partial charge in [-0.25, -0.2) is 4.98 Å². The van der Waals surface area contributed by atoms with Gasteiger partial charge >= 0.3 is 0 Å². The monoisotopic (exact) mass is 337 g/mol. The number of aliphatic hydroxyl groups is 1. The lowest BCUT2D eigenvalue weighted by atomic mass is 10.1. The predicted octanol–water partition coefficient (Wildman–Crippen LogP) is 4.07. The van der Waals surface area contributed by atoms with Crippen molar-refractivity contribution in [2.45, 2.75) is 12.5 Å². The minimum absolute atomic E-state index is 0.0286. The van der Waals surface area contributed by atoms with E-state index < -0.39 is 0 Å². The number of anilines is 1. The van der Waals surface area contributed by atoms with Crippen LogP contribution in [0.4, 0.5) is 5.82 Å². The molecule has 3 aromatic rings. The minimum Gasteiger partial charge on any atom is -0.467 e. The van der Waals surface area contributed by atoms with E-state index in [1.54, 1.807) is 30.7 Å². The highest BCUT2D eigenvalue weighted by Gasteiger charge is 2.15. The molecule has 0 aliphatic carbocycles. The molecule has 22 heavy (non-hydrogen) atoms. The second-order valence-electron chi connectivity index (χ2n) is 4.73. The Hall–Kier alpha value is -1.82. The molecule has 0 aliphatic heterocycles. The number of halogens is 2. The minimum atomic E-state index is -0.186. The van der Waals surface area contributed by atoms with Crippen LogP contribution in [-0.4, -0.2) is 21.7 Å². The summed E-state index contributed by atoms with van der Waals surface area (Å²) in [7, 11) is 0.